The molecule has 17 heavy (non-hydrogen) atoms. The highest BCUT2D eigenvalue weighted by atomic mass is 32.1. The van der Waals surface area contributed by atoms with Crippen LogP contribution in [0.2, 0.25) is 0 Å². The molecule has 2 amide bonds. The molecule has 2 N–H and O–H groups in total. The largest absolute Gasteiger partial charge is 0.386 e. The van der Waals surface area contributed by atoms with Crippen molar-refractivity contribution in [2.45, 2.75) is 19.4 Å². The molecular formula is C10H13N3O3S. The third-order valence-electron chi connectivity index (χ3n) is 2.36. The summed E-state index contributed by atoms with van der Waals surface area (Å²) >= 11 is 1.21. The van der Waals surface area contributed by atoms with Gasteiger partial charge in [-0.2, -0.15) is 0 Å². The summed E-state index contributed by atoms with van der Waals surface area (Å²) in [4.78, 5) is 28.2. The lowest BCUT2D eigenvalue weighted by Crippen LogP contribution is -2.61. The van der Waals surface area contributed by atoms with Crippen LogP contribution in [0.1, 0.15) is 24.3 Å². The molecule has 0 bridgehead atoms. The van der Waals surface area contributed by atoms with E-state index in [1.807, 2.05) is 0 Å². The number of thiazole rings is 1. The van der Waals surface area contributed by atoms with E-state index < -0.39 is 5.60 Å². The quantitative estimate of drug-likeness (QED) is 0.796. The highest BCUT2D eigenvalue weighted by Crippen LogP contribution is 2.23. The number of anilines is 1. The monoisotopic (exact) mass is 255 g/mol. The number of nitrogens with one attached hydrogen (secondary N) is 1. The third-order valence-corrected chi connectivity index (χ3v) is 3.11. The SMILES string of the molecule is CC(=O)Nc1nc(C(=O)N2CC(C)(O)C2)cs1. The molecule has 7 heteroatoms. The Morgan fingerprint density at radius 3 is 2.76 bits per heavy atom. The molecule has 0 radical (unpaired) electrons. The van der Waals surface area contributed by atoms with Crippen LogP contribution in [0.15, 0.2) is 5.38 Å². The van der Waals surface area contributed by atoms with E-state index in [4.69, 9.17) is 0 Å². The van der Waals surface area contributed by atoms with Crippen molar-refractivity contribution in [1.29, 1.82) is 0 Å². The predicted octanol–water partition coefficient (Wildman–Crippen LogP) is 0.308. The lowest BCUT2D eigenvalue weighted by atomic mass is 9.97. The number of rotatable bonds is 2. The van der Waals surface area contributed by atoms with E-state index in [1.54, 1.807) is 12.3 Å². The minimum atomic E-state index is -0.786. The Labute approximate surface area is 102 Å². The second-order valence-corrected chi connectivity index (χ2v) is 5.24. The van der Waals surface area contributed by atoms with E-state index in [1.165, 1.54) is 23.2 Å². The van der Waals surface area contributed by atoms with Gasteiger partial charge < -0.3 is 15.3 Å². The van der Waals surface area contributed by atoms with E-state index in [-0.39, 0.29) is 11.8 Å². The van der Waals surface area contributed by atoms with Crippen LogP contribution in [-0.2, 0) is 4.79 Å². The van der Waals surface area contributed by atoms with Gasteiger partial charge in [0.1, 0.15) is 5.69 Å². The van der Waals surface area contributed by atoms with Gasteiger partial charge in [0.25, 0.3) is 5.91 Å². The lowest BCUT2D eigenvalue weighted by molar-refractivity contribution is -0.114. The maximum atomic E-state index is 11.9. The average Bonchev–Trinajstić information content (AvgIpc) is 2.60. The predicted molar refractivity (Wildman–Crippen MR) is 62.9 cm³/mol. The second-order valence-electron chi connectivity index (χ2n) is 4.38. The molecule has 6 nitrogen and oxygen atoms in total. The average molecular weight is 255 g/mol. The van der Waals surface area contributed by atoms with Gasteiger partial charge in [0.05, 0.1) is 18.7 Å². The Morgan fingerprint density at radius 2 is 2.24 bits per heavy atom. The molecule has 1 aromatic heterocycles. The van der Waals surface area contributed by atoms with Gasteiger partial charge in [-0.05, 0) is 6.92 Å². The number of aromatic nitrogens is 1. The van der Waals surface area contributed by atoms with Crippen molar-refractivity contribution in [3.63, 3.8) is 0 Å². The van der Waals surface area contributed by atoms with Crippen molar-refractivity contribution in [1.82, 2.24) is 9.88 Å². The first-order valence-electron chi connectivity index (χ1n) is 5.12. The van der Waals surface area contributed by atoms with Gasteiger partial charge in [-0.25, -0.2) is 4.98 Å². The van der Waals surface area contributed by atoms with Crippen molar-refractivity contribution >= 4 is 28.3 Å². The van der Waals surface area contributed by atoms with Gasteiger partial charge in [-0.3, -0.25) is 9.59 Å². The Balaban J connectivity index is 2.01. The van der Waals surface area contributed by atoms with Crippen molar-refractivity contribution in [3.8, 4) is 0 Å². The first kappa shape index (κ1) is 12.0. The Bertz CT molecular complexity index is 461. The molecule has 0 aromatic carbocycles. The molecule has 2 rings (SSSR count). The van der Waals surface area contributed by atoms with E-state index in [0.29, 0.717) is 23.9 Å². The van der Waals surface area contributed by atoms with Crippen LogP contribution in [0.3, 0.4) is 0 Å². The van der Waals surface area contributed by atoms with Crippen molar-refractivity contribution in [2.24, 2.45) is 0 Å². The summed E-state index contributed by atoms with van der Waals surface area (Å²) in [7, 11) is 0. The number of carbonyl (C=O) groups is 2. The summed E-state index contributed by atoms with van der Waals surface area (Å²) in [6.45, 7) is 3.70. The normalized spacial score (nSPS) is 17.5. The maximum absolute atomic E-state index is 11.9. The number of nitrogens with zero attached hydrogens (tertiary/aromatic N) is 2. The number of β-amino-alcohol motifs (C(OH)–C–C–N with tert-alkyl or cyclic N) is 1. The molecule has 1 aliphatic rings. The lowest BCUT2D eigenvalue weighted by Gasteiger charge is -2.43. The van der Waals surface area contributed by atoms with E-state index >= 15 is 0 Å². The van der Waals surface area contributed by atoms with Gasteiger partial charge in [0.15, 0.2) is 5.13 Å². The van der Waals surface area contributed by atoms with Crippen LogP contribution in [0.5, 0.6) is 0 Å². The van der Waals surface area contributed by atoms with Crippen LogP contribution in [0.4, 0.5) is 5.13 Å². The summed E-state index contributed by atoms with van der Waals surface area (Å²) < 4.78 is 0. The smallest absolute Gasteiger partial charge is 0.273 e. The van der Waals surface area contributed by atoms with Crippen LogP contribution >= 0.6 is 11.3 Å². The summed E-state index contributed by atoms with van der Waals surface area (Å²) in [6, 6.07) is 0. The van der Waals surface area contributed by atoms with Gasteiger partial charge in [0, 0.05) is 12.3 Å². The van der Waals surface area contributed by atoms with E-state index in [0.717, 1.165) is 0 Å². The first-order chi connectivity index (χ1) is 7.87. The number of hydrogen-bond acceptors (Lipinski definition) is 5. The van der Waals surface area contributed by atoms with Gasteiger partial charge >= 0.3 is 0 Å². The fourth-order valence-corrected chi connectivity index (χ4v) is 2.39. The first-order valence-corrected chi connectivity index (χ1v) is 6.00. The second kappa shape index (κ2) is 4.08. The molecule has 2 heterocycles. The Morgan fingerprint density at radius 1 is 1.59 bits per heavy atom. The van der Waals surface area contributed by atoms with Crippen LogP contribution in [-0.4, -0.2) is 45.5 Å². The topological polar surface area (TPSA) is 82.5 Å². The van der Waals surface area contributed by atoms with Gasteiger partial charge in [-0.15, -0.1) is 11.3 Å². The van der Waals surface area contributed by atoms with E-state index in [2.05, 4.69) is 10.3 Å². The number of aliphatic hydroxyl groups is 1. The summed E-state index contributed by atoms with van der Waals surface area (Å²) in [5, 5.41) is 14.1. The minimum absolute atomic E-state index is 0.217. The van der Waals surface area contributed by atoms with Crippen LogP contribution < -0.4 is 5.32 Å². The Kier molecular flexibility index (Phi) is 2.88. The zero-order valence-electron chi connectivity index (χ0n) is 9.56. The van der Waals surface area contributed by atoms with Crippen LogP contribution in [0, 0.1) is 0 Å². The van der Waals surface area contributed by atoms with Crippen molar-refractivity contribution in [2.75, 3.05) is 18.4 Å². The molecule has 0 unspecified atom stereocenters. The number of hydrogen-bond donors (Lipinski definition) is 2. The molecule has 92 valence electrons. The van der Waals surface area contributed by atoms with Gasteiger partial charge in [0.2, 0.25) is 5.91 Å². The number of likely N-dealkylation sites (tertiary alicyclic amines) is 1. The summed E-state index contributed by atoms with van der Waals surface area (Å²) in [5.41, 5.74) is -0.485. The zero-order valence-corrected chi connectivity index (χ0v) is 10.4. The fourth-order valence-electron chi connectivity index (χ4n) is 1.66. The number of carbonyl (C=O) groups excluding carboxylic acids is 2. The zero-order chi connectivity index (χ0) is 12.6. The molecule has 1 aromatic rings. The molecule has 1 saturated heterocycles. The van der Waals surface area contributed by atoms with E-state index in [9.17, 15) is 14.7 Å². The molecule has 0 atom stereocenters. The summed E-state index contributed by atoms with van der Waals surface area (Å²) in [6.07, 6.45) is 0. The van der Waals surface area contributed by atoms with Gasteiger partial charge in [-0.1, -0.05) is 0 Å². The third kappa shape index (κ3) is 2.62. The van der Waals surface area contributed by atoms with Crippen molar-refractivity contribution in [3.05, 3.63) is 11.1 Å². The molecule has 1 fully saturated rings. The van der Waals surface area contributed by atoms with Crippen molar-refractivity contribution < 1.29 is 14.7 Å². The fraction of sp³-hybridized carbons (Fsp3) is 0.500. The molecule has 1 aliphatic heterocycles. The number of amides is 2. The highest BCUT2D eigenvalue weighted by Gasteiger charge is 2.40. The molecule has 0 aliphatic carbocycles. The summed E-state index contributed by atoms with van der Waals surface area (Å²) in [5.74, 6) is -0.436. The molecule has 0 spiro atoms. The van der Waals surface area contributed by atoms with Crippen LogP contribution in [0.25, 0.3) is 0 Å². The minimum Gasteiger partial charge on any atom is -0.386 e. The molecule has 0 saturated carbocycles. The standard InChI is InChI=1S/C10H13N3O3S/c1-6(14)11-9-12-7(3-17-9)8(15)13-4-10(2,16)5-13/h3,16H,4-5H2,1-2H3,(H,11,12,14). The highest BCUT2D eigenvalue weighted by molar-refractivity contribution is 7.14. The Hall–Kier alpha value is -1.47. The maximum Gasteiger partial charge on any atom is 0.273 e. The molecular weight excluding hydrogens is 242 g/mol.